The zero-order valence-electron chi connectivity index (χ0n) is 21.6. The molecule has 2 unspecified atom stereocenters. The van der Waals surface area contributed by atoms with E-state index in [1.165, 1.54) is 36.8 Å². The van der Waals surface area contributed by atoms with Crippen LogP contribution < -0.4 is 4.74 Å². The highest BCUT2D eigenvalue weighted by Crippen LogP contribution is 2.80. The van der Waals surface area contributed by atoms with E-state index in [0.717, 1.165) is 49.7 Å². The Bertz CT molecular complexity index is 1050. The van der Waals surface area contributed by atoms with Crippen molar-refractivity contribution in [1.82, 2.24) is 0 Å². The molecule has 2 N–H and O–H groups in total. The molecule has 4 nitrogen and oxygen atoms in total. The van der Waals surface area contributed by atoms with Gasteiger partial charge in [-0.2, -0.15) is 0 Å². The first-order valence-corrected chi connectivity index (χ1v) is 13.8. The number of fused-ring (bicyclic) bond motifs is 2. The Labute approximate surface area is 204 Å². The van der Waals surface area contributed by atoms with Crippen LogP contribution in [0.3, 0.4) is 0 Å². The highest BCUT2D eigenvalue weighted by molar-refractivity contribution is 5.63. The van der Waals surface area contributed by atoms with Gasteiger partial charge in [0.05, 0.1) is 5.60 Å². The summed E-state index contributed by atoms with van der Waals surface area (Å²) in [4.78, 5) is 0. The monoisotopic (exact) mass is 466 g/mol. The molecule has 7 aliphatic rings. The molecule has 2 spiro atoms. The number of hydrogen-bond acceptors (Lipinski definition) is 4. The van der Waals surface area contributed by atoms with Gasteiger partial charge >= 0.3 is 0 Å². The number of ether oxygens (including phenoxy) is 2. The Kier molecular flexibility index (Phi) is 4.10. The molecule has 1 heterocycles. The number of hydrogen-bond donors (Lipinski definition) is 2. The van der Waals surface area contributed by atoms with Crippen molar-refractivity contribution in [3.63, 3.8) is 0 Å². The lowest BCUT2D eigenvalue weighted by Crippen LogP contribution is -2.80. The van der Waals surface area contributed by atoms with Gasteiger partial charge in [0.25, 0.3) is 0 Å². The lowest BCUT2D eigenvalue weighted by molar-refractivity contribution is -0.314. The van der Waals surface area contributed by atoms with Gasteiger partial charge in [0.2, 0.25) is 0 Å². The van der Waals surface area contributed by atoms with Crippen LogP contribution in [0.2, 0.25) is 0 Å². The molecule has 1 aliphatic heterocycles. The van der Waals surface area contributed by atoms with Crippen molar-refractivity contribution in [2.75, 3.05) is 7.11 Å². The van der Waals surface area contributed by atoms with E-state index in [0.29, 0.717) is 5.92 Å². The second-order valence-corrected chi connectivity index (χ2v) is 14.2. The number of phenols is 1. The van der Waals surface area contributed by atoms with Crippen LogP contribution in [0.4, 0.5) is 0 Å². The molecule has 0 amide bonds. The van der Waals surface area contributed by atoms with Crippen LogP contribution in [-0.4, -0.2) is 34.6 Å². The molecule has 5 saturated carbocycles. The molecule has 4 bridgehead atoms. The maximum atomic E-state index is 12.2. The summed E-state index contributed by atoms with van der Waals surface area (Å²) in [6, 6.07) is 4.04. The first kappa shape index (κ1) is 22.0. The molecular formula is C30H42O4. The maximum Gasteiger partial charge on any atom is 0.165 e. The molecule has 186 valence electrons. The summed E-state index contributed by atoms with van der Waals surface area (Å²) in [6.07, 6.45) is 10.6. The van der Waals surface area contributed by atoms with Gasteiger partial charge < -0.3 is 19.7 Å². The Morgan fingerprint density at radius 1 is 1.09 bits per heavy atom. The van der Waals surface area contributed by atoms with Gasteiger partial charge in [0.1, 0.15) is 11.7 Å². The SMILES string of the molecule is COC12CC[C@@]3(C[C@@H]1[C@](C)(O)C(C)(C)C)[C@H]1Cc4ccc(O)c5c4[C@@]3(CCC1CC1CC1)[C@H]2O5. The summed E-state index contributed by atoms with van der Waals surface area (Å²) in [5, 5.41) is 23.2. The van der Waals surface area contributed by atoms with Crippen molar-refractivity contribution >= 4 is 0 Å². The third-order valence-corrected chi connectivity index (χ3v) is 12.3. The summed E-state index contributed by atoms with van der Waals surface area (Å²) >= 11 is 0. The fourth-order valence-corrected chi connectivity index (χ4v) is 10.2. The number of methoxy groups -OCH3 is 1. The normalized spacial score (nSPS) is 45.5. The molecule has 6 aliphatic carbocycles. The van der Waals surface area contributed by atoms with E-state index in [-0.39, 0.29) is 34.0 Å². The van der Waals surface area contributed by atoms with E-state index in [2.05, 4.69) is 26.8 Å². The second kappa shape index (κ2) is 6.35. The van der Waals surface area contributed by atoms with Crippen LogP contribution in [0.25, 0.3) is 0 Å². The summed E-state index contributed by atoms with van der Waals surface area (Å²) in [5.74, 6) is 3.33. The fourth-order valence-electron chi connectivity index (χ4n) is 10.2. The minimum atomic E-state index is -0.890. The second-order valence-electron chi connectivity index (χ2n) is 14.2. The molecule has 1 aromatic rings. The van der Waals surface area contributed by atoms with Crippen LogP contribution >= 0.6 is 0 Å². The van der Waals surface area contributed by atoms with E-state index >= 15 is 0 Å². The smallest absolute Gasteiger partial charge is 0.165 e. The van der Waals surface area contributed by atoms with Crippen molar-refractivity contribution in [3.05, 3.63) is 23.3 Å². The lowest BCUT2D eigenvalue weighted by Gasteiger charge is -2.75. The van der Waals surface area contributed by atoms with Crippen molar-refractivity contribution in [2.45, 2.75) is 108 Å². The first-order valence-electron chi connectivity index (χ1n) is 13.8. The predicted molar refractivity (Wildman–Crippen MR) is 131 cm³/mol. The van der Waals surface area contributed by atoms with Crippen LogP contribution in [0.5, 0.6) is 11.5 Å². The van der Waals surface area contributed by atoms with Gasteiger partial charge in [-0.05, 0) is 92.1 Å². The van der Waals surface area contributed by atoms with Gasteiger partial charge in [-0.1, -0.05) is 39.7 Å². The highest BCUT2D eigenvalue weighted by Gasteiger charge is 2.82. The third kappa shape index (κ3) is 2.26. The topological polar surface area (TPSA) is 58.9 Å². The molecule has 5 fully saturated rings. The Morgan fingerprint density at radius 2 is 1.85 bits per heavy atom. The summed E-state index contributed by atoms with van der Waals surface area (Å²) in [6.45, 7) is 8.54. The summed E-state index contributed by atoms with van der Waals surface area (Å²) in [7, 11) is 1.84. The van der Waals surface area contributed by atoms with Gasteiger partial charge in [0, 0.05) is 24.0 Å². The zero-order chi connectivity index (χ0) is 23.9. The highest BCUT2D eigenvalue weighted by atomic mass is 16.6. The molecular weight excluding hydrogens is 424 g/mol. The number of rotatable bonds is 4. The van der Waals surface area contributed by atoms with E-state index in [1.807, 2.05) is 20.1 Å². The average Bonchev–Trinajstić information content (AvgIpc) is 3.53. The van der Waals surface area contributed by atoms with Crippen molar-refractivity contribution in [2.24, 2.45) is 34.5 Å². The predicted octanol–water partition coefficient (Wildman–Crippen LogP) is 5.76. The van der Waals surface area contributed by atoms with Crippen molar-refractivity contribution < 1.29 is 19.7 Å². The molecule has 34 heavy (non-hydrogen) atoms. The molecule has 0 aromatic heterocycles. The van der Waals surface area contributed by atoms with Gasteiger partial charge in [-0.15, -0.1) is 0 Å². The Balaban J connectivity index is 1.47. The van der Waals surface area contributed by atoms with Crippen LogP contribution in [0.15, 0.2) is 12.1 Å². The molecule has 4 heteroatoms. The fraction of sp³-hybridized carbons (Fsp3) is 0.800. The van der Waals surface area contributed by atoms with Crippen LogP contribution in [-0.2, 0) is 16.6 Å². The van der Waals surface area contributed by atoms with Gasteiger partial charge in [-0.3, -0.25) is 0 Å². The maximum absolute atomic E-state index is 12.2. The van der Waals surface area contributed by atoms with Crippen LogP contribution in [0.1, 0.15) is 90.2 Å². The molecule has 1 aromatic carbocycles. The lowest BCUT2D eigenvalue weighted by atomic mass is 9.30. The minimum absolute atomic E-state index is 0.00273. The van der Waals surface area contributed by atoms with E-state index in [9.17, 15) is 10.2 Å². The molecule has 8 atom stereocenters. The number of benzene rings is 1. The van der Waals surface area contributed by atoms with Crippen LogP contribution in [0, 0.1) is 34.5 Å². The molecule has 0 saturated heterocycles. The largest absolute Gasteiger partial charge is 0.504 e. The third-order valence-electron chi connectivity index (χ3n) is 12.3. The van der Waals surface area contributed by atoms with E-state index < -0.39 is 11.2 Å². The van der Waals surface area contributed by atoms with Gasteiger partial charge in [0.15, 0.2) is 11.5 Å². The number of aromatic hydroxyl groups is 1. The minimum Gasteiger partial charge on any atom is -0.504 e. The van der Waals surface area contributed by atoms with E-state index in [1.54, 1.807) is 0 Å². The Hall–Kier alpha value is -1.26. The average molecular weight is 467 g/mol. The standard InChI is InChI=1S/C30H42O4/c1-26(2,3)27(4,32)22-16-28-12-13-30(22,33-5)25-29(28)11-10-18(14-17-6-7-17)20(28)15-19-8-9-21(31)24(34-25)23(19)29/h8-9,17-18,20,22,25,31-32H,6-7,10-16H2,1-5H3/t18?,20-,22+,25+,27-,28+,29-,30?/m0/s1. The zero-order valence-corrected chi connectivity index (χ0v) is 21.6. The van der Waals surface area contributed by atoms with E-state index in [4.69, 9.17) is 9.47 Å². The van der Waals surface area contributed by atoms with Crippen molar-refractivity contribution in [3.8, 4) is 11.5 Å². The quantitative estimate of drug-likeness (QED) is 0.593. The Morgan fingerprint density at radius 3 is 2.53 bits per heavy atom. The summed E-state index contributed by atoms with van der Waals surface area (Å²) in [5.41, 5.74) is 1.02. The molecule has 8 rings (SSSR count). The first-order chi connectivity index (χ1) is 16.0. The number of phenolic OH excluding ortho intramolecular Hbond substituents is 1. The van der Waals surface area contributed by atoms with Crippen molar-refractivity contribution in [1.29, 1.82) is 0 Å². The summed E-state index contributed by atoms with van der Waals surface area (Å²) < 4.78 is 13.5. The number of aliphatic hydroxyl groups is 1. The molecule has 0 radical (unpaired) electrons. The van der Waals surface area contributed by atoms with Gasteiger partial charge in [-0.25, -0.2) is 0 Å².